The van der Waals surface area contributed by atoms with Crippen LogP contribution in [0.5, 0.6) is 5.75 Å². The third kappa shape index (κ3) is 7.97. The number of aliphatic hydroxyl groups is 1. The molecule has 2 aromatic carbocycles. The average Bonchev–Trinajstić information content (AvgIpc) is 2.65. The lowest BCUT2D eigenvalue weighted by atomic mass is 10.2. The van der Waals surface area contributed by atoms with Crippen LogP contribution in [-0.4, -0.2) is 43.9 Å². The van der Waals surface area contributed by atoms with E-state index in [1.807, 2.05) is 37.3 Å². The summed E-state index contributed by atoms with van der Waals surface area (Å²) in [7, 11) is 0. The third-order valence-corrected chi connectivity index (χ3v) is 4.03. The maximum Gasteiger partial charge on any atom is 0.262 e. The number of carbonyl (C=O) groups excluding carboxylic acids is 1. The highest BCUT2D eigenvalue weighted by molar-refractivity contribution is 6.30. The van der Waals surface area contributed by atoms with Gasteiger partial charge in [0.15, 0.2) is 6.61 Å². The molecule has 0 aliphatic rings. The Hall–Kier alpha value is -2.12. The van der Waals surface area contributed by atoms with Gasteiger partial charge in [-0.1, -0.05) is 29.3 Å². The summed E-state index contributed by atoms with van der Waals surface area (Å²) >= 11 is 6.08. The monoisotopic (exact) mass is 391 g/mol. The highest BCUT2D eigenvalue weighted by atomic mass is 35.5. The summed E-state index contributed by atoms with van der Waals surface area (Å²) in [6.45, 7) is 4.65. The first kappa shape index (κ1) is 21.2. The van der Waals surface area contributed by atoms with Gasteiger partial charge in [0.05, 0.1) is 6.61 Å². The lowest BCUT2D eigenvalue weighted by Gasteiger charge is -2.13. The maximum atomic E-state index is 12.1. The summed E-state index contributed by atoms with van der Waals surface area (Å²) in [5.41, 5.74) is 2.75. The molecule has 0 saturated heterocycles. The van der Waals surface area contributed by atoms with Gasteiger partial charge in [0.2, 0.25) is 0 Å². The van der Waals surface area contributed by atoms with E-state index in [-0.39, 0.29) is 19.1 Å². The van der Waals surface area contributed by atoms with Gasteiger partial charge in [-0.3, -0.25) is 4.79 Å². The van der Waals surface area contributed by atoms with Crippen molar-refractivity contribution in [3.8, 4) is 5.75 Å². The minimum atomic E-state index is -0.221. The summed E-state index contributed by atoms with van der Waals surface area (Å²) in [6.07, 6.45) is 0. The Labute approximate surface area is 164 Å². The smallest absolute Gasteiger partial charge is 0.262 e. The van der Waals surface area contributed by atoms with Crippen LogP contribution in [0, 0.1) is 6.92 Å². The van der Waals surface area contributed by atoms with Gasteiger partial charge >= 0.3 is 0 Å². The first-order valence-corrected chi connectivity index (χ1v) is 9.26. The van der Waals surface area contributed by atoms with Crippen molar-refractivity contribution in [2.45, 2.75) is 13.5 Å². The van der Waals surface area contributed by atoms with E-state index in [1.54, 1.807) is 12.1 Å². The molecule has 0 aliphatic carbocycles. The van der Waals surface area contributed by atoms with Crippen molar-refractivity contribution in [3.63, 3.8) is 0 Å². The van der Waals surface area contributed by atoms with Crippen LogP contribution in [-0.2, 0) is 11.3 Å². The summed E-state index contributed by atoms with van der Waals surface area (Å²) in [5.74, 6) is 0.398. The molecule has 0 heterocycles. The summed E-state index contributed by atoms with van der Waals surface area (Å²) < 4.78 is 5.69. The van der Waals surface area contributed by atoms with Crippen molar-refractivity contribution in [3.05, 3.63) is 58.6 Å². The number of hydrogen-bond acceptors (Lipinski definition) is 5. The lowest BCUT2D eigenvalue weighted by molar-refractivity contribution is -0.118. The Morgan fingerprint density at radius 3 is 2.56 bits per heavy atom. The Balaban J connectivity index is 1.83. The number of rotatable bonds is 11. The molecule has 0 atom stereocenters. The van der Waals surface area contributed by atoms with Crippen LogP contribution in [0.15, 0.2) is 42.5 Å². The maximum absolute atomic E-state index is 12.1. The van der Waals surface area contributed by atoms with E-state index in [0.29, 0.717) is 23.9 Å². The van der Waals surface area contributed by atoms with Gasteiger partial charge in [-0.2, -0.15) is 0 Å². The lowest BCUT2D eigenvalue weighted by Crippen LogP contribution is -2.29. The summed E-state index contributed by atoms with van der Waals surface area (Å²) in [4.78, 5) is 12.1. The molecule has 0 aliphatic heterocycles. The van der Waals surface area contributed by atoms with Crippen LogP contribution < -0.4 is 20.7 Å². The second-order valence-electron chi connectivity index (χ2n) is 6.11. The Bertz CT molecular complexity index is 723. The number of ether oxygens (including phenoxy) is 1. The number of aryl methyl sites for hydroxylation is 1. The Morgan fingerprint density at radius 2 is 1.81 bits per heavy atom. The molecule has 27 heavy (non-hydrogen) atoms. The molecule has 0 fully saturated rings. The zero-order valence-electron chi connectivity index (χ0n) is 15.4. The van der Waals surface area contributed by atoms with Crippen LogP contribution >= 0.6 is 11.6 Å². The molecule has 0 saturated carbocycles. The normalized spacial score (nSPS) is 10.6. The largest absolute Gasteiger partial charge is 0.483 e. The van der Waals surface area contributed by atoms with Crippen LogP contribution in [0.3, 0.4) is 0 Å². The van der Waals surface area contributed by atoms with Crippen LogP contribution in [0.25, 0.3) is 0 Å². The van der Waals surface area contributed by atoms with Gasteiger partial charge in [-0.05, 0) is 37.3 Å². The Morgan fingerprint density at radius 1 is 1.07 bits per heavy atom. The van der Waals surface area contributed by atoms with Gasteiger partial charge in [0.1, 0.15) is 5.75 Å². The van der Waals surface area contributed by atoms with E-state index in [4.69, 9.17) is 21.4 Å². The number of amides is 1. The quantitative estimate of drug-likeness (QED) is 0.442. The topological polar surface area (TPSA) is 82.6 Å². The molecule has 0 radical (unpaired) electrons. The zero-order valence-corrected chi connectivity index (χ0v) is 16.2. The number of nitrogens with one attached hydrogen (secondary N) is 3. The first-order chi connectivity index (χ1) is 13.1. The van der Waals surface area contributed by atoms with Gasteiger partial charge in [0, 0.05) is 42.5 Å². The molecule has 7 heteroatoms. The van der Waals surface area contributed by atoms with Gasteiger partial charge < -0.3 is 25.8 Å². The third-order valence-electron chi connectivity index (χ3n) is 3.80. The SMILES string of the molecule is Cc1ccc(NC(=O)COc2ccc(Cl)cc2CNCCNCCO)cc1. The van der Waals surface area contributed by atoms with Gasteiger partial charge in [-0.25, -0.2) is 0 Å². The van der Waals surface area contributed by atoms with Crippen molar-refractivity contribution in [1.82, 2.24) is 10.6 Å². The van der Waals surface area contributed by atoms with Crippen molar-refractivity contribution in [2.24, 2.45) is 0 Å². The predicted molar refractivity (Wildman–Crippen MR) is 108 cm³/mol. The molecule has 0 unspecified atom stereocenters. The van der Waals surface area contributed by atoms with Crippen molar-refractivity contribution in [1.29, 1.82) is 0 Å². The minimum absolute atomic E-state index is 0.0828. The highest BCUT2D eigenvalue weighted by Gasteiger charge is 2.08. The summed E-state index contributed by atoms with van der Waals surface area (Å²) in [6, 6.07) is 12.9. The van der Waals surface area contributed by atoms with Crippen LogP contribution in [0.4, 0.5) is 5.69 Å². The molecule has 0 aromatic heterocycles. The van der Waals surface area contributed by atoms with Crippen molar-refractivity contribution >= 4 is 23.2 Å². The Kier molecular flexibility index (Phi) is 9.07. The number of carbonyl (C=O) groups is 1. The van der Waals surface area contributed by atoms with E-state index in [1.165, 1.54) is 0 Å². The molecular formula is C20H26ClN3O3. The van der Waals surface area contributed by atoms with E-state index in [9.17, 15) is 4.79 Å². The number of anilines is 1. The first-order valence-electron chi connectivity index (χ1n) is 8.88. The van der Waals surface area contributed by atoms with E-state index >= 15 is 0 Å². The number of aliphatic hydroxyl groups excluding tert-OH is 1. The molecule has 2 rings (SSSR count). The number of benzene rings is 2. The van der Waals surface area contributed by atoms with E-state index < -0.39 is 0 Å². The molecule has 6 nitrogen and oxygen atoms in total. The fraction of sp³-hybridized carbons (Fsp3) is 0.350. The van der Waals surface area contributed by atoms with Crippen LogP contribution in [0.1, 0.15) is 11.1 Å². The average molecular weight is 392 g/mol. The molecule has 1 amide bonds. The second kappa shape index (κ2) is 11.6. The predicted octanol–water partition coefficient (Wildman–Crippen LogP) is 2.34. The zero-order chi connectivity index (χ0) is 19.5. The fourth-order valence-electron chi connectivity index (χ4n) is 2.41. The van der Waals surface area contributed by atoms with E-state index in [0.717, 1.165) is 29.9 Å². The van der Waals surface area contributed by atoms with E-state index in [2.05, 4.69) is 16.0 Å². The number of halogens is 1. The van der Waals surface area contributed by atoms with Crippen molar-refractivity contribution < 1.29 is 14.6 Å². The molecule has 0 bridgehead atoms. The van der Waals surface area contributed by atoms with Crippen LogP contribution in [0.2, 0.25) is 5.02 Å². The van der Waals surface area contributed by atoms with Gasteiger partial charge in [0.25, 0.3) is 5.91 Å². The summed E-state index contributed by atoms with van der Waals surface area (Å²) in [5, 5.41) is 18.5. The molecule has 146 valence electrons. The number of hydrogen-bond donors (Lipinski definition) is 4. The fourth-order valence-corrected chi connectivity index (χ4v) is 2.60. The molecule has 0 spiro atoms. The molecular weight excluding hydrogens is 366 g/mol. The highest BCUT2D eigenvalue weighted by Crippen LogP contribution is 2.23. The van der Waals surface area contributed by atoms with Crippen molar-refractivity contribution in [2.75, 3.05) is 38.2 Å². The standard InChI is InChI=1S/C20H26ClN3O3/c1-15-2-5-18(6-3-15)24-20(26)14-27-19-7-4-17(21)12-16(19)13-23-9-8-22-10-11-25/h2-7,12,22-23,25H,8-11,13-14H2,1H3,(H,24,26). The minimum Gasteiger partial charge on any atom is -0.483 e. The van der Waals surface area contributed by atoms with Gasteiger partial charge in [-0.15, -0.1) is 0 Å². The second-order valence-corrected chi connectivity index (χ2v) is 6.54. The molecule has 2 aromatic rings. The molecule has 4 N–H and O–H groups in total.